The fourth-order valence-electron chi connectivity index (χ4n) is 4.40. The molecule has 1 unspecified atom stereocenters. The van der Waals surface area contributed by atoms with Gasteiger partial charge in [0.2, 0.25) is 11.8 Å². The molecule has 2 aliphatic rings. The maximum absolute atomic E-state index is 13.1. The summed E-state index contributed by atoms with van der Waals surface area (Å²) in [5.74, 6) is -1.05. The summed E-state index contributed by atoms with van der Waals surface area (Å²) in [6.45, 7) is 1.34. The van der Waals surface area contributed by atoms with Gasteiger partial charge in [0.05, 0.1) is 22.2 Å². The molecule has 0 radical (unpaired) electrons. The van der Waals surface area contributed by atoms with E-state index in [9.17, 15) is 14.4 Å². The molecule has 1 fully saturated rings. The molecular formula is C24H28ClN3O4S. The van der Waals surface area contributed by atoms with E-state index in [4.69, 9.17) is 16.3 Å². The molecule has 1 saturated heterocycles. The molecule has 9 heteroatoms. The lowest BCUT2D eigenvalue weighted by Gasteiger charge is -2.18. The number of hydrogen-bond donors (Lipinski definition) is 2. The minimum atomic E-state index is -0.509. The number of methoxy groups -OCH3 is 1. The molecule has 3 amide bonds. The topological polar surface area (TPSA) is 87.7 Å². The molecule has 1 aliphatic heterocycles. The van der Waals surface area contributed by atoms with Gasteiger partial charge in [-0.15, -0.1) is 11.3 Å². The van der Waals surface area contributed by atoms with Gasteiger partial charge in [0.1, 0.15) is 5.00 Å². The van der Waals surface area contributed by atoms with E-state index in [1.54, 1.807) is 30.2 Å². The summed E-state index contributed by atoms with van der Waals surface area (Å²) < 4.78 is 5.05. The number of ether oxygens (including phenoxy) is 1. The summed E-state index contributed by atoms with van der Waals surface area (Å²) >= 11 is 7.74. The molecule has 0 spiro atoms. The van der Waals surface area contributed by atoms with Gasteiger partial charge in [-0.2, -0.15) is 0 Å². The van der Waals surface area contributed by atoms with Crippen LogP contribution in [0.5, 0.6) is 0 Å². The van der Waals surface area contributed by atoms with Crippen molar-refractivity contribution in [2.45, 2.75) is 38.5 Å². The first-order valence-corrected chi connectivity index (χ1v) is 12.5. The van der Waals surface area contributed by atoms with Crippen LogP contribution in [0.2, 0.25) is 5.02 Å². The van der Waals surface area contributed by atoms with Crippen molar-refractivity contribution in [1.29, 1.82) is 0 Å². The minimum Gasteiger partial charge on any atom is -0.385 e. The number of benzene rings is 1. The van der Waals surface area contributed by atoms with Crippen LogP contribution in [0, 0.1) is 5.92 Å². The van der Waals surface area contributed by atoms with Crippen LogP contribution in [0.15, 0.2) is 24.3 Å². The zero-order valence-electron chi connectivity index (χ0n) is 18.6. The lowest BCUT2D eigenvalue weighted by atomic mass is 9.95. The monoisotopic (exact) mass is 489 g/mol. The van der Waals surface area contributed by atoms with Gasteiger partial charge in [-0.05, 0) is 49.8 Å². The number of anilines is 2. The second-order valence-corrected chi connectivity index (χ2v) is 9.88. The number of aryl methyl sites for hydroxylation is 1. The average molecular weight is 490 g/mol. The van der Waals surface area contributed by atoms with Crippen LogP contribution in [0.3, 0.4) is 0 Å². The van der Waals surface area contributed by atoms with Crippen LogP contribution < -0.4 is 15.5 Å². The maximum atomic E-state index is 13.1. The molecule has 2 heterocycles. The number of thiophene rings is 1. The molecule has 4 rings (SSSR count). The highest BCUT2D eigenvalue weighted by Gasteiger charge is 2.37. The van der Waals surface area contributed by atoms with E-state index in [-0.39, 0.29) is 30.7 Å². The second kappa shape index (κ2) is 10.7. The number of fused-ring (bicyclic) bond motifs is 1. The number of hydrogen-bond acceptors (Lipinski definition) is 5. The highest BCUT2D eigenvalue weighted by molar-refractivity contribution is 7.17. The Labute approximate surface area is 202 Å². The van der Waals surface area contributed by atoms with Crippen LogP contribution in [0.1, 0.15) is 46.5 Å². The summed E-state index contributed by atoms with van der Waals surface area (Å²) in [5.41, 5.74) is 2.24. The van der Waals surface area contributed by atoms with E-state index >= 15 is 0 Å². The van der Waals surface area contributed by atoms with E-state index in [1.165, 1.54) is 16.2 Å². The largest absolute Gasteiger partial charge is 0.385 e. The Morgan fingerprint density at radius 2 is 2.03 bits per heavy atom. The summed E-state index contributed by atoms with van der Waals surface area (Å²) in [7, 11) is 1.63. The number of amides is 3. The number of halogens is 1. The van der Waals surface area contributed by atoms with Gasteiger partial charge >= 0.3 is 0 Å². The molecule has 1 aliphatic carbocycles. The average Bonchev–Trinajstić information content (AvgIpc) is 3.37. The number of para-hydroxylation sites is 1. The van der Waals surface area contributed by atoms with Crippen molar-refractivity contribution in [3.63, 3.8) is 0 Å². The number of carbonyl (C=O) groups is 3. The zero-order valence-corrected chi connectivity index (χ0v) is 20.2. The molecule has 176 valence electrons. The first-order chi connectivity index (χ1) is 16.0. The normalized spacial score (nSPS) is 17.7. The summed E-state index contributed by atoms with van der Waals surface area (Å²) in [4.78, 5) is 41.5. The van der Waals surface area contributed by atoms with Crippen molar-refractivity contribution in [3.05, 3.63) is 45.3 Å². The van der Waals surface area contributed by atoms with Crippen LogP contribution >= 0.6 is 22.9 Å². The summed E-state index contributed by atoms with van der Waals surface area (Å²) in [5, 5.41) is 7.00. The third kappa shape index (κ3) is 5.23. The Morgan fingerprint density at radius 1 is 1.24 bits per heavy atom. The first kappa shape index (κ1) is 23.7. The molecule has 2 N–H and O–H groups in total. The molecule has 33 heavy (non-hydrogen) atoms. The van der Waals surface area contributed by atoms with E-state index in [1.807, 2.05) is 6.07 Å². The fraction of sp³-hybridized carbons (Fsp3) is 0.458. The Morgan fingerprint density at radius 3 is 2.82 bits per heavy atom. The molecular weight excluding hydrogens is 462 g/mol. The fourth-order valence-corrected chi connectivity index (χ4v) is 5.93. The van der Waals surface area contributed by atoms with E-state index in [0.29, 0.717) is 34.4 Å². The molecule has 0 saturated carbocycles. The molecule has 1 aromatic heterocycles. The van der Waals surface area contributed by atoms with Crippen LogP contribution in [-0.4, -0.2) is 44.5 Å². The second-order valence-electron chi connectivity index (χ2n) is 8.36. The van der Waals surface area contributed by atoms with Crippen molar-refractivity contribution >= 4 is 51.3 Å². The molecule has 0 bridgehead atoms. The Hall–Kier alpha value is -2.42. The van der Waals surface area contributed by atoms with Gasteiger partial charge in [0.25, 0.3) is 5.91 Å². The third-order valence-corrected chi connectivity index (χ3v) is 7.61. The van der Waals surface area contributed by atoms with E-state index < -0.39 is 5.92 Å². The van der Waals surface area contributed by atoms with Gasteiger partial charge < -0.3 is 20.3 Å². The van der Waals surface area contributed by atoms with Gasteiger partial charge in [-0.1, -0.05) is 23.7 Å². The van der Waals surface area contributed by atoms with Crippen LogP contribution in [0.4, 0.5) is 10.7 Å². The van der Waals surface area contributed by atoms with E-state index in [2.05, 4.69) is 10.6 Å². The third-order valence-electron chi connectivity index (χ3n) is 6.08. The van der Waals surface area contributed by atoms with Gasteiger partial charge in [0, 0.05) is 38.1 Å². The highest BCUT2D eigenvalue weighted by atomic mass is 35.5. The maximum Gasteiger partial charge on any atom is 0.254 e. The number of carbonyl (C=O) groups excluding carboxylic acids is 3. The number of rotatable bonds is 8. The molecule has 2 aromatic rings. The quantitative estimate of drug-likeness (QED) is 0.548. The van der Waals surface area contributed by atoms with Gasteiger partial charge in [-0.25, -0.2) is 0 Å². The molecule has 1 aromatic carbocycles. The Bertz CT molecular complexity index is 1050. The van der Waals surface area contributed by atoms with Crippen molar-refractivity contribution in [3.8, 4) is 0 Å². The minimum absolute atomic E-state index is 0.112. The smallest absolute Gasteiger partial charge is 0.254 e. The standard InChI is InChI=1S/C24H28ClN3O4S/c1-32-12-6-11-26-23(31)21-16-7-2-5-10-19(16)33-24(21)27-22(30)15-13-20(29)28(14-15)18-9-4-3-8-17(18)25/h3-4,8-9,15H,2,5-7,10-14H2,1H3,(H,26,31)(H,27,30). The zero-order chi connectivity index (χ0) is 23.4. The summed E-state index contributed by atoms with van der Waals surface area (Å²) in [6, 6.07) is 7.12. The van der Waals surface area contributed by atoms with Crippen molar-refractivity contribution in [2.75, 3.05) is 37.0 Å². The predicted octanol–water partition coefficient (Wildman–Crippen LogP) is 4.04. The first-order valence-electron chi connectivity index (χ1n) is 11.3. The van der Waals surface area contributed by atoms with E-state index in [0.717, 1.165) is 37.7 Å². The van der Waals surface area contributed by atoms with Crippen LogP contribution in [-0.2, 0) is 27.2 Å². The Balaban J connectivity index is 1.50. The Kier molecular flexibility index (Phi) is 7.67. The van der Waals surface area contributed by atoms with Crippen molar-refractivity contribution < 1.29 is 19.1 Å². The number of nitrogens with one attached hydrogen (secondary N) is 2. The SMILES string of the molecule is COCCCNC(=O)c1c(NC(=O)C2CC(=O)N(c3ccccc3Cl)C2)sc2c1CCCC2. The molecule has 7 nitrogen and oxygen atoms in total. The van der Waals surface area contributed by atoms with Gasteiger partial charge in [0.15, 0.2) is 0 Å². The highest BCUT2D eigenvalue weighted by Crippen LogP contribution is 2.39. The van der Waals surface area contributed by atoms with Crippen LogP contribution in [0.25, 0.3) is 0 Å². The molecule has 1 atom stereocenters. The predicted molar refractivity (Wildman–Crippen MR) is 130 cm³/mol. The summed E-state index contributed by atoms with van der Waals surface area (Å²) in [6.07, 6.45) is 4.70. The number of nitrogens with zero attached hydrogens (tertiary/aromatic N) is 1. The lowest BCUT2D eigenvalue weighted by Crippen LogP contribution is -2.30. The lowest BCUT2D eigenvalue weighted by molar-refractivity contribution is -0.122. The van der Waals surface area contributed by atoms with Gasteiger partial charge in [-0.3, -0.25) is 14.4 Å². The van der Waals surface area contributed by atoms with Crippen molar-refractivity contribution in [2.24, 2.45) is 5.92 Å². The van der Waals surface area contributed by atoms with Crippen molar-refractivity contribution in [1.82, 2.24) is 5.32 Å².